The standard InChI is InChI=1S/C95H142O10Si16/c1-25-107(5,6)96-117(86-56-36-26-37-57-86,87-58-38-27-39-59-87)98-109(9,10)78-79-111(13,14)100-119(90-64-44-30-45-65-90,91-66-46-31-47-67-91)102-113(17,18)82-83-115(21,22)104-121(94-72-52-34-53-73-94,95-74-54-35-55-75-95)105-116(23,24)85-84-114(19,20)103-120(92-68-48-32-49-69-92,93-70-50-33-51-71-93)101-112(15,16)81-80-110(11,12)99-118(88-60-40-28-41-61-88,89-62-42-29-43-63-89)97-108(7,8)77-76-106(2,3)4/h25-75H,1,76-85H2,2-24H3. The van der Waals surface area contributed by atoms with Crippen LogP contribution in [-0.4, -0.2) is 134 Å². The molecular formula is C95H142O10Si16. The molecule has 0 aliphatic heterocycles. The van der Waals surface area contributed by atoms with Crippen LogP contribution in [0.5, 0.6) is 0 Å². The molecule has 0 amide bonds. The molecule has 0 aliphatic carbocycles. The minimum atomic E-state index is -3.55. The first kappa shape index (κ1) is 98.2. The van der Waals surface area contributed by atoms with Gasteiger partial charge in [-0.3, -0.25) is 0 Å². The molecule has 0 fully saturated rings. The van der Waals surface area contributed by atoms with Gasteiger partial charge in [0.1, 0.15) is 0 Å². The fraction of sp³-hybridized carbons (Fsp3) is 0.347. The maximum absolute atomic E-state index is 8.34. The first-order valence-corrected chi connectivity index (χ1v) is 87.7. The van der Waals surface area contributed by atoms with Crippen molar-refractivity contribution in [3.8, 4) is 0 Å². The second-order valence-electron chi connectivity index (χ2n) is 40.5. The molecule has 121 heavy (non-hydrogen) atoms. The highest BCUT2D eigenvalue weighted by atomic mass is 28.5. The second kappa shape index (κ2) is 40.5. The topological polar surface area (TPSA) is 92.3 Å². The summed E-state index contributed by atoms with van der Waals surface area (Å²) in [6.07, 6.45) is 0. The van der Waals surface area contributed by atoms with Gasteiger partial charge in [-0.05, 0) is 237 Å². The van der Waals surface area contributed by atoms with Crippen molar-refractivity contribution in [1.82, 2.24) is 0 Å². The highest BCUT2D eigenvalue weighted by Crippen LogP contribution is 2.38. The fourth-order valence-corrected chi connectivity index (χ4v) is 95.9. The van der Waals surface area contributed by atoms with Gasteiger partial charge in [0.05, 0.1) is 0 Å². The molecule has 646 valence electrons. The van der Waals surface area contributed by atoms with Crippen LogP contribution in [0, 0.1) is 0 Å². The number of rotatable bonds is 46. The van der Waals surface area contributed by atoms with E-state index in [-0.39, 0.29) is 0 Å². The van der Waals surface area contributed by atoms with Gasteiger partial charge in [0, 0.05) is 8.07 Å². The monoisotopic (exact) mass is 1890 g/mol. The summed E-state index contributed by atoms with van der Waals surface area (Å²) in [6, 6.07) is 119. The molecule has 10 aromatic rings. The molecule has 0 aliphatic rings. The molecule has 0 saturated heterocycles. The Bertz CT molecular complexity index is 4630. The lowest BCUT2D eigenvalue weighted by Crippen LogP contribution is -2.71. The van der Waals surface area contributed by atoms with Gasteiger partial charge in [0.15, 0.2) is 74.9 Å². The third-order valence-corrected chi connectivity index (χ3v) is 85.8. The molecule has 0 aromatic heterocycles. The number of hydrogen-bond donors (Lipinski definition) is 0. The van der Waals surface area contributed by atoms with Crippen LogP contribution in [0.1, 0.15) is 0 Å². The van der Waals surface area contributed by atoms with Crippen LogP contribution >= 0.6 is 0 Å². The molecular weight excluding hydrogens is 1750 g/mol. The van der Waals surface area contributed by atoms with Crippen molar-refractivity contribution in [2.24, 2.45) is 0 Å². The molecule has 0 saturated carbocycles. The van der Waals surface area contributed by atoms with Gasteiger partial charge in [-0.25, -0.2) is 0 Å². The lowest BCUT2D eigenvalue weighted by Gasteiger charge is -2.46. The first-order valence-electron chi connectivity index (χ1n) is 43.9. The minimum Gasteiger partial charge on any atom is -0.430 e. The van der Waals surface area contributed by atoms with Gasteiger partial charge < -0.3 is 41.2 Å². The van der Waals surface area contributed by atoms with E-state index in [4.69, 9.17) is 41.2 Å². The van der Waals surface area contributed by atoms with E-state index in [2.05, 4.69) is 460 Å². The Balaban J connectivity index is 0.924. The van der Waals surface area contributed by atoms with Crippen LogP contribution in [-0.2, 0) is 41.2 Å². The highest BCUT2D eigenvalue weighted by Gasteiger charge is 2.58. The Kier molecular flexibility index (Phi) is 32.9. The summed E-state index contributed by atoms with van der Waals surface area (Å²) in [4.78, 5) is 0. The Morgan fingerprint density at radius 2 is 0.273 bits per heavy atom. The summed E-state index contributed by atoms with van der Waals surface area (Å²) in [5, 5.41) is 11.4. The SMILES string of the molecule is C=C[Si](C)(C)O[Si](O[Si](C)(C)CC[Si](C)(C)O[Si](O[Si](C)(C)CC[Si](C)(C)O[Si](O[Si](C)(C)CC[Si](C)(C)O[Si](O[Si](C)(C)CC[Si](C)(C)O[Si](O[Si](C)(C)CC[Si](C)(C)C)(c1ccccc1)c1ccccc1)(c1ccccc1)c1ccccc1)(c1ccccc1)c1ccccc1)(c1ccccc1)c1ccccc1)(c1ccccc1)c1ccccc1. The largest absolute Gasteiger partial charge is 0.430 e. The summed E-state index contributed by atoms with van der Waals surface area (Å²) in [5.74, 6) is 0. The van der Waals surface area contributed by atoms with E-state index in [9.17, 15) is 0 Å². The van der Waals surface area contributed by atoms with Gasteiger partial charge in [-0.15, -0.1) is 6.58 Å². The average Bonchev–Trinajstić information content (AvgIpc) is 0.768. The summed E-state index contributed by atoms with van der Waals surface area (Å²) in [7, 11) is -44.6. The Morgan fingerprint density at radius 3 is 0.380 bits per heavy atom. The van der Waals surface area contributed by atoms with Gasteiger partial charge in [-0.2, -0.15) is 0 Å². The number of benzene rings is 10. The van der Waals surface area contributed by atoms with Crippen LogP contribution in [0.3, 0.4) is 0 Å². The predicted octanol–water partition coefficient (Wildman–Crippen LogP) is 20.5. The number of hydrogen-bond acceptors (Lipinski definition) is 10. The molecule has 10 rings (SSSR count). The predicted molar refractivity (Wildman–Crippen MR) is 557 cm³/mol. The minimum absolute atomic E-state index is 0.864. The molecule has 26 heteroatoms. The zero-order valence-electron chi connectivity index (χ0n) is 77.3. The van der Waals surface area contributed by atoms with Crippen molar-refractivity contribution in [3.63, 3.8) is 0 Å². The smallest absolute Gasteiger partial charge is 0.386 e. The molecule has 10 nitrogen and oxygen atoms in total. The highest BCUT2D eigenvalue weighted by molar-refractivity contribution is 7.07. The quantitative estimate of drug-likeness (QED) is 0.0344. The van der Waals surface area contributed by atoms with E-state index in [1.807, 2.05) is 5.70 Å². The van der Waals surface area contributed by atoms with Gasteiger partial charge in [-0.1, -0.05) is 335 Å². The van der Waals surface area contributed by atoms with E-state index >= 15 is 0 Å². The molecule has 0 radical (unpaired) electrons. The Hall–Kier alpha value is -4.99. The summed E-state index contributed by atoms with van der Waals surface area (Å²) in [6.45, 7) is 59.9. The third-order valence-electron chi connectivity index (χ3n) is 23.0. The van der Waals surface area contributed by atoms with E-state index in [1.165, 1.54) is 16.4 Å². The summed E-state index contributed by atoms with van der Waals surface area (Å²) >= 11 is 0. The first-order chi connectivity index (χ1) is 56.7. The second-order valence-corrected chi connectivity index (χ2v) is 106. The summed E-state index contributed by atoms with van der Waals surface area (Å²) < 4.78 is 81.2. The van der Waals surface area contributed by atoms with Crippen molar-refractivity contribution in [2.45, 2.75) is 211 Å². The van der Waals surface area contributed by atoms with Crippen molar-refractivity contribution in [1.29, 1.82) is 0 Å². The summed E-state index contributed by atoms with van der Waals surface area (Å²) in [5.41, 5.74) is 2.04. The normalized spacial score (nSPS) is 13.8. The molecule has 10 aromatic carbocycles. The van der Waals surface area contributed by atoms with E-state index in [1.54, 1.807) is 0 Å². The fourth-order valence-electron chi connectivity index (χ4n) is 16.1. The van der Waals surface area contributed by atoms with E-state index < -0.39 is 134 Å². The van der Waals surface area contributed by atoms with Gasteiger partial charge in [0.25, 0.3) is 0 Å². The Labute approximate surface area is 747 Å². The Morgan fingerprint density at radius 1 is 0.165 bits per heavy atom. The molecule has 0 spiro atoms. The third kappa shape index (κ3) is 27.1. The maximum Gasteiger partial charge on any atom is 0.386 e. The molecule has 0 atom stereocenters. The van der Waals surface area contributed by atoms with Crippen molar-refractivity contribution >= 4 is 186 Å². The molecule has 0 unspecified atom stereocenters. The molecule has 0 heterocycles. The lowest BCUT2D eigenvalue weighted by atomic mass is 10.4. The van der Waals surface area contributed by atoms with Crippen molar-refractivity contribution < 1.29 is 41.2 Å². The van der Waals surface area contributed by atoms with Crippen LogP contribution in [0.15, 0.2) is 316 Å². The zero-order chi connectivity index (χ0) is 88.0. The van der Waals surface area contributed by atoms with Gasteiger partial charge in [0.2, 0.25) is 8.32 Å². The molecule has 0 bridgehead atoms. The maximum atomic E-state index is 8.34. The van der Waals surface area contributed by atoms with Crippen molar-refractivity contribution in [2.75, 3.05) is 0 Å². The molecule has 0 N–H and O–H groups in total. The van der Waals surface area contributed by atoms with Crippen LogP contribution in [0.25, 0.3) is 0 Å². The van der Waals surface area contributed by atoms with Crippen LogP contribution in [0.2, 0.25) is 211 Å². The van der Waals surface area contributed by atoms with Crippen LogP contribution < -0.4 is 51.9 Å². The average molecular weight is 1890 g/mol. The lowest BCUT2D eigenvalue weighted by molar-refractivity contribution is 0.395. The van der Waals surface area contributed by atoms with Gasteiger partial charge >= 0.3 is 42.8 Å². The zero-order valence-corrected chi connectivity index (χ0v) is 93.3. The van der Waals surface area contributed by atoms with E-state index in [0.29, 0.717) is 0 Å². The van der Waals surface area contributed by atoms with Crippen LogP contribution in [0.4, 0.5) is 0 Å². The van der Waals surface area contributed by atoms with Crippen molar-refractivity contribution in [3.05, 3.63) is 316 Å². The van der Waals surface area contributed by atoms with E-state index in [0.717, 1.165) is 95.9 Å².